The molecule has 34 heavy (non-hydrogen) atoms. The largest absolute Gasteiger partial charge is 0.488 e. The van der Waals surface area contributed by atoms with E-state index in [1.165, 1.54) is 0 Å². The normalized spacial score (nSPS) is 10.9. The highest BCUT2D eigenvalue weighted by molar-refractivity contribution is 9.10. The Balaban J connectivity index is 1.74. The van der Waals surface area contributed by atoms with Crippen LogP contribution in [0, 0.1) is 18.6 Å². The van der Waals surface area contributed by atoms with E-state index < -0.39 is 11.6 Å². The van der Waals surface area contributed by atoms with Crippen molar-refractivity contribution in [1.82, 2.24) is 4.57 Å². The third-order valence-corrected chi connectivity index (χ3v) is 5.79. The van der Waals surface area contributed by atoms with Crippen molar-refractivity contribution in [1.29, 1.82) is 0 Å². The van der Waals surface area contributed by atoms with Crippen LogP contribution in [0.3, 0.4) is 0 Å². The first-order chi connectivity index (χ1) is 16.4. The summed E-state index contributed by atoms with van der Waals surface area (Å²) in [5.74, 6) is -0.941. The zero-order chi connectivity index (χ0) is 24.2. The summed E-state index contributed by atoms with van der Waals surface area (Å²) in [6.07, 6.45) is 0. The van der Waals surface area contributed by atoms with E-state index >= 15 is 0 Å². The molecule has 0 atom stereocenters. The maximum atomic E-state index is 14.1. The maximum Gasteiger partial charge on any atom is 0.338 e. The van der Waals surface area contributed by atoms with Gasteiger partial charge in [0.05, 0.1) is 17.9 Å². The fourth-order valence-corrected chi connectivity index (χ4v) is 4.08. The van der Waals surface area contributed by atoms with Crippen LogP contribution in [0.25, 0.3) is 16.9 Å². The fraction of sp³-hybridized carbons (Fsp3) is 0.148. The molecule has 1 aromatic heterocycles. The van der Waals surface area contributed by atoms with Gasteiger partial charge in [0.25, 0.3) is 0 Å². The molecule has 0 unspecified atom stereocenters. The second-order valence-electron chi connectivity index (χ2n) is 7.63. The van der Waals surface area contributed by atoms with Crippen LogP contribution < -0.4 is 4.74 Å². The minimum atomic E-state index is -0.532. The SMILES string of the molecule is CCOC(=O)c1cccc(-n2c(C)ccc2-c2cc(Br)ccc2OCc2cc(F)ccc2F)c1. The van der Waals surface area contributed by atoms with Gasteiger partial charge in [-0.3, -0.25) is 0 Å². The molecular formula is C27H22BrF2NO3. The van der Waals surface area contributed by atoms with Gasteiger partial charge >= 0.3 is 5.97 Å². The first-order valence-electron chi connectivity index (χ1n) is 10.7. The van der Waals surface area contributed by atoms with Crippen molar-refractivity contribution in [3.05, 3.63) is 106 Å². The van der Waals surface area contributed by atoms with Gasteiger partial charge in [0.2, 0.25) is 0 Å². The van der Waals surface area contributed by atoms with E-state index in [9.17, 15) is 13.6 Å². The number of benzene rings is 3. The number of ether oxygens (including phenoxy) is 2. The van der Waals surface area contributed by atoms with E-state index in [0.29, 0.717) is 17.9 Å². The van der Waals surface area contributed by atoms with E-state index in [1.54, 1.807) is 31.2 Å². The van der Waals surface area contributed by atoms with Crippen LogP contribution in [0.15, 0.2) is 77.3 Å². The van der Waals surface area contributed by atoms with Crippen LogP contribution in [0.4, 0.5) is 8.78 Å². The second kappa shape index (κ2) is 10.2. The molecule has 1 heterocycles. The molecule has 0 saturated carbocycles. The standard InChI is InChI=1S/C27H22BrF2NO3/c1-3-33-27(32)18-5-4-6-22(14-18)31-17(2)7-11-25(31)23-15-20(28)8-12-26(23)34-16-19-13-21(29)9-10-24(19)30/h4-15H,3,16H2,1-2H3. The maximum absolute atomic E-state index is 14.1. The van der Waals surface area contributed by atoms with E-state index in [0.717, 1.165) is 45.3 Å². The summed E-state index contributed by atoms with van der Waals surface area (Å²) in [5.41, 5.74) is 3.87. The Bertz CT molecular complexity index is 1350. The fourth-order valence-electron chi connectivity index (χ4n) is 3.72. The van der Waals surface area contributed by atoms with Crippen LogP contribution in [0.5, 0.6) is 5.75 Å². The van der Waals surface area contributed by atoms with Gasteiger partial charge in [0, 0.05) is 27.0 Å². The number of aromatic nitrogens is 1. The lowest BCUT2D eigenvalue weighted by molar-refractivity contribution is 0.0526. The van der Waals surface area contributed by atoms with Gasteiger partial charge in [-0.25, -0.2) is 13.6 Å². The molecule has 0 aliphatic rings. The van der Waals surface area contributed by atoms with E-state index in [1.807, 2.05) is 41.8 Å². The van der Waals surface area contributed by atoms with Gasteiger partial charge in [-0.05, 0) is 80.6 Å². The second-order valence-corrected chi connectivity index (χ2v) is 8.55. The molecular weight excluding hydrogens is 504 g/mol. The number of aryl methyl sites for hydroxylation is 1. The molecule has 0 bridgehead atoms. The predicted molar refractivity (Wildman–Crippen MR) is 130 cm³/mol. The number of halogens is 3. The highest BCUT2D eigenvalue weighted by atomic mass is 79.9. The summed E-state index contributed by atoms with van der Waals surface area (Å²) < 4.78 is 41.6. The van der Waals surface area contributed by atoms with Crippen LogP contribution in [-0.2, 0) is 11.3 Å². The summed E-state index contributed by atoms with van der Waals surface area (Å²) in [6, 6.07) is 19.9. The molecule has 4 aromatic rings. The Labute approximate surface area is 204 Å². The molecule has 4 nitrogen and oxygen atoms in total. The predicted octanol–water partition coefficient (Wildman–Crippen LogP) is 7.25. The lowest BCUT2D eigenvalue weighted by Gasteiger charge is -2.17. The highest BCUT2D eigenvalue weighted by Gasteiger charge is 2.17. The van der Waals surface area contributed by atoms with Gasteiger partial charge in [-0.2, -0.15) is 0 Å². The zero-order valence-electron chi connectivity index (χ0n) is 18.6. The molecule has 0 aliphatic heterocycles. The lowest BCUT2D eigenvalue weighted by Crippen LogP contribution is -2.07. The molecule has 0 aliphatic carbocycles. The molecule has 0 fully saturated rings. The Morgan fingerprint density at radius 1 is 1.00 bits per heavy atom. The van der Waals surface area contributed by atoms with Crippen molar-refractivity contribution in [3.63, 3.8) is 0 Å². The van der Waals surface area contributed by atoms with Crippen molar-refractivity contribution < 1.29 is 23.0 Å². The molecule has 7 heteroatoms. The minimum Gasteiger partial charge on any atom is -0.488 e. The van der Waals surface area contributed by atoms with E-state index in [2.05, 4.69) is 15.9 Å². The molecule has 0 amide bonds. The first kappa shape index (κ1) is 23.7. The number of carbonyl (C=O) groups is 1. The van der Waals surface area contributed by atoms with Crippen molar-refractivity contribution >= 4 is 21.9 Å². The Hall–Kier alpha value is -3.45. The monoisotopic (exact) mass is 525 g/mol. The van der Waals surface area contributed by atoms with Gasteiger partial charge in [-0.1, -0.05) is 22.0 Å². The average molecular weight is 526 g/mol. The Morgan fingerprint density at radius 3 is 2.62 bits per heavy atom. The number of carbonyl (C=O) groups excluding carboxylic acids is 1. The molecule has 0 saturated heterocycles. The average Bonchev–Trinajstić information content (AvgIpc) is 3.21. The minimum absolute atomic E-state index is 0.127. The van der Waals surface area contributed by atoms with Crippen molar-refractivity contribution in [2.45, 2.75) is 20.5 Å². The van der Waals surface area contributed by atoms with Gasteiger partial charge in [0.1, 0.15) is 24.0 Å². The summed E-state index contributed by atoms with van der Waals surface area (Å²) in [5, 5.41) is 0. The molecule has 0 radical (unpaired) electrons. The molecule has 0 spiro atoms. The molecule has 3 aromatic carbocycles. The molecule has 0 N–H and O–H groups in total. The summed E-state index contributed by atoms with van der Waals surface area (Å²) in [6.45, 7) is 3.89. The van der Waals surface area contributed by atoms with Crippen LogP contribution in [0.2, 0.25) is 0 Å². The van der Waals surface area contributed by atoms with Crippen molar-refractivity contribution in [3.8, 4) is 22.7 Å². The van der Waals surface area contributed by atoms with Crippen LogP contribution in [0.1, 0.15) is 28.5 Å². The number of rotatable bonds is 7. The van der Waals surface area contributed by atoms with Gasteiger partial charge < -0.3 is 14.0 Å². The lowest BCUT2D eigenvalue weighted by atomic mass is 10.1. The third kappa shape index (κ3) is 5.04. The van der Waals surface area contributed by atoms with E-state index in [4.69, 9.17) is 9.47 Å². The smallest absolute Gasteiger partial charge is 0.338 e. The number of hydrogen-bond acceptors (Lipinski definition) is 3. The van der Waals surface area contributed by atoms with Crippen LogP contribution in [-0.4, -0.2) is 17.1 Å². The molecule has 4 rings (SSSR count). The Kier molecular flexibility index (Phi) is 7.12. The van der Waals surface area contributed by atoms with E-state index in [-0.39, 0.29) is 18.1 Å². The van der Waals surface area contributed by atoms with Crippen molar-refractivity contribution in [2.75, 3.05) is 6.61 Å². The number of hydrogen-bond donors (Lipinski definition) is 0. The first-order valence-corrected chi connectivity index (χ1v) is 11.5. The zero-order valence-corrected chi connectivity index (χ0v) is 20.2. The Morgan fingerprint density at radius 2 is 1.82 bits per heavy atom. The third-order valence-electron chi connectivity index (χ3n) is 5.30. The quantitative estimate of drug-likeness (QED) is 0.238. The summed E-state index contributed by atoms with van der Waals surface area (Å²) in [4.78, 5) is 12.3. The van der Waals surface area contributed by atoms with Crippen molar-refractivity contribution in [2.24, 2.45) is 0 Å². The topological polar surface area (TPSA) is 40.5 Å². The van der Waals surface area contributed by atoms with Gasteiger partial charge in [0.15, 0.2) is 0 Å². The summed E-state index contributed by atoms with van der Waals surface area (Å²) in [7, 11) is 0. The number of esters is 1. The number of nitrogens with zero attached hydrogens (tertiary/aromatic N) is 1. The van der Waals surface area contributed by atoms with Gasteiger partial charge in [-0.15, -0.1) is 0 Å². The summed E-state index contributed by atoms with van der Waals surface area (Å²) >= 11 is 3.51. The van der Waals surface area contributed by atoms with Crippen LogP contribution >= 0.6 is 15.9 Å². The molecule has 174 valence electrons. The highest BCUT2D eigenvalue weighted by Crippen LogP contribution is 2.36.